The van der Waals surface area contributed by atoms with Gasteiger partial charge in [0.1, 0.15) is 6.61 Å². The summed E-state index contributed by atoms with van der Waals surface area (Å²) in [6, 6.07) is 9.69. The molecule has 31 heavy (non-hydrogen) atoms. The fraction of sp³-hybridized carbons (Fsp3) is 0.360. The van der Waals surface area contributed by atoms with Crippen LogP contribution in [0.3, 0.4) is 0 Å². The number of hydrogen-bond acceptors (Lipinski definition) is 5. The zero-order valence-electron chi connectivity index (χ0n) is 17.5. The van der Waals surface area contributed by atoms with Crippen LogP contribution >= 0.6 is 0 Å². The number of amides is 1. The minimum absolute atomic E-state index is 0.0594. The van der Waals surface area contributed by atoms with Crippen LogP contribution in [0.15, 0.2) is 48.9 Å². The first-order valence-corrected chi connectivity index (χ1v) is 11.1. The number of pyridine rings is 3. The third-order valence-electron chi connectivity index (χ3n) is 5.93. The van der Waals surface area contributed by atoms with Crippen molar-refractivity contribution in [2.45, 2.75) is 45.1 Å². The van der Waals surface area contributed by atoms with Crippen molar-refractivity contribution in [3.63, 3.8) is 0 Å². The van der Waals surface area contributed by atoms with E-state index in [0.29, 0.717) is 24.0 Å². The number of rotatable bonds is 7. The van der Waals surface area contributed by atoms with Crippen molar-refractivity contribution in [3.8, 4) is 17.0 Å². The highest BCUT2D eigenvalue weighted by Crippen LogP contribution is 2.34. The molecule has 3 aromatic rings. The Balaban J connectivity index is 1.43. The molecule has 5 rings (SSSR count). The van der Waals surface area contributed by atoms with Gasteiger partial charge in [-0.15, -0.1) is 0 Å². The molecule has 0 atom stereocenters. The molecule has 158 valence electrons. The molecular formula is C25H26N4O2. The van der Waals surface area contributed by atoms with Gasteiger partial charge in [0.05, 0.1) is 11.3 Å². The molecule has 0 unspecified atom stereocenters. The molecule has 3 heterocycles. The number of ether oxygens (including phenoxy) is 1. The first kappa shape index (κ1) is 19.7. The molecule has 0 bridgehead atoms. The molecule has 0 saturated heterocycles. The van der Waals surface area contributed by atoms with Gasteiger partial charge in [0.25, 0.3) is 5.91 Å². The molecule has 1 N–H and O–H groups in total. The smallest absolute Gasteiger partial charge is 0.252 e. The summed E-state index contributed by atoms with van der Waals surface area (Å²) in [5.74, 6) is 1.17. The van der Waals surface area contributed by atoms with Crippen LogP contribution in [-0.4, -0.2) is 27.4 Å². The second-order valence-electron chi connectivity index (χ2n) is 8.37. The van der Waals surface area contributed by atoms with Gasteiger partial charge >= 0.3 is 0 Å². The summed E-state index contributed by atoms with van der Waals surface area (Å²) in [6.07, 6.45) is 11.8. The van der Waals surface area contributed by atoms with Crippen molar-refractivity contribution in [2.75, 3.05) is 6.54 Å². The highest BCUT2D eigenvalue weighted by molar-refractivity contribution is 5.95. The van der Waals surface area contributed by atoms with Gasteiger partial charge in [0, 0.05) is 42.5 Å². The van der Waals surface area contributed by atoms with Crippen molar-refractivity contribution < 1.29 is 9.53 Å². The molecule has 1 fully saturated rings. The topological polar surface area (TPSA) is 77.0 Å². The van der Waals surface area contributed by atoms with Crippen molar-refractivity contribution in [1.29, 1.82) is 0 Å². The van der Waals surface area contributed by atoms with Gasteiger partial charge in [-0.05, 0) is 73.8 Å². The van der Waals surface area contributed by atoms with Crippen LogP contribution in [0.25, 0.3) is 11.1 Å². The fourth-order valence-corrected chi connectivity index (χ4v) is 4.01. The predicted molar refractivity (Wildman–Crippen MR) is 118 cm³/mol. The van der Waals surface area contributed by atoms with Crippen LogP contribution in [-0.2, 0) is 19.4 Å². The van der Waals surface area contributed by atoms with Crippen LogP contribution in [0, 0.1) is 5.92 Å². The Labute approximate surface area is 182 Å². The summed E-state index contributed by atoms with van der Waals surface area (Å²) in [4.78, 5) is 26.0. The number of fused-ring (bicyclic) bond motifs is 1. The van der Waals surface area contributed by atoms with E-state index in [-0.39, 0.29) is 5.91 Å². The zero-order valence-corrected chi connectivity index (χ0v) is 17.5. The quantitative estimate of drug-likeness (QED) is 0.629. The predicted octanol–water partition coefficient (Wildman–Crippen LogP) is 4.14. The minimum Gasteiger partial charge on any atom is -0.471 e. The molecule has 6 nitrogen and oxygen atoms in total. The standard InChI is InChI=1S/C25H26N4O2/c30-25(28-13-17-8-9-17)19-11-18(14-26-15-19)22-12-24(29-23-7-2-1-6-21(22)23)31-16-20-5-3-4-10-27-20/h3-5,10-12,14-15,17H,1-2,6-9,13,16H2,(H,28,30). The van der Waals surface area contributed by atoms with Crippen molar-refractivity contribution >= 4 is 5.91 Å². The fourth-order valence-electron chi connectivity index (χ4n) is 4.01. The summed E-state index contributed by atoms with van der Waals surface area (Å²) in [5.41, 5.74) is 5.78. The summed E-state index contributed by atoms with van der Waals surface area (Å²) < 4.78 is 6.00. The van der Waals surface area contributed by atoms with E-state index in [1.807, 2.05) is 36.5 Å². The van der Waals surface area contributed by atoms with Gasteiger partial charge in [-0.1, -0.05) is 6.07 Å². The average molecular weight is 415 g/mol. The third kappa shape index (κ3) is 4.74. The van der Waals surface area contributed by atoms with Crippen LogP contribution in [0.1, 0.15) is 53.0 Å². The minimum atomic E-state index is -0.0594. The van der Waals surface area contributed by atoms with E-state index in [2.05, 4.69) is 15.3 Å². The van der Waals surface area contributed by atoms with Crippen LogP contribution in [0.2, 0.25) is 0 Å². The van der Waals surface area contributed by atoms with E-state index in [1.165, 1.54) is 18.4 Å². The number of nitrogens with zero attached hydrogens (tertiary/aromatic N) is 3. The van der Waals surface area contributed by atoms with E-state index in [9.17, 15) is 4.79 Å². The Bertz CT molecular complexity index is 1080. The number of aryl methyl sites for hydroxylation is 1. The lowest BCUT2D eigenvalue weighted by atomic mass is 9.89. The molecule has 1 saturated carbocycles. The van der Waals surface area contributed by atoms with E-state index in [1.54, 1.807) is 12.4 Å². The third-order valence-corrected chi connectivity index (χ3v) is 5.93. The lowest BCUT2D eigenvalue weighted by molar-refractivity contribution is 0.0951. The van der Waals surface area contributed by atoms with Crippen molar-refractivity contribution in [1.82, 2.24) is 20.3 Å². The van der Waals surface area contributed by atoms with Gasteiger partial charge in [0.2, 0.25) is 5.88 Å². The second kappa shape index (κ2) is 8.84. The van der Waals surface area contributed by atoms with Crippen molar-refractivity contribution in [2.24, 2.45) is 5.92 Å². The second-order valence-corrected chi connectivity index (χ2v) is 8.37. The Morgan fingerprint density at radius 1 is 1.13 bits per heavy atom. The van der Waals surface area contributed by atoms with Gasteiger partial charge < -0.3 is 10.1 Å². The normalized spacial score (nSPS) is 15.2. The number of nitrogens with one attached hydrogen (secondary N) is 1. The Morgan fingerprint density at radius 2 is 2.03 bits per heavy atom. The number of hydrogen-bond donors (Lipinski definition) is 1. The Kier molecular flexibility index (Phi) is 5.61. The molecule has 0 aromatic carbocycles. The molecule has 2 aliphatic rings. The maximum atomic E-state index is 12.6. The molecule has 0 radical (unpaired) electrons. The summed E-state index contributed by atoms with van der Waals surface area (Å²) in [5, 5.41) is 3.03. The first-order valence-electron chi connectivity index (χ1n) is 11.1. The molecule has 2 aliphatic carbocycles. The first-order chi connectivity index (χ1) is 15.3. The van der Waals surface area contributed by atoms with E-state index in [0.717, 1.165) is 54.7 Å². The average Bonchev–Trinajstić information content (AvgIpc) is 3.66. The summed E-state index contributed by atoms with van der Waals surface area (Å²) in [6.45, 7) is 1.12. The lowest BCUT2D eigenvalue weighted by Gasteiger charge is -2.20. The van der Waals surface area contributed by atoms with Crippen LogP contribution in [0.5, 0.6) is 5.88 Å². The number of aromatic nitrogens is 3. The monoisotopic (exact) mass is 414 g/mol. The Hall–Kier alpha value is -3.28. The number of carbonyl (C=O) groups is 1. The van der Waals surface area contributed by atoms with Crippen LogP contribution < -0.4 is 10.1 Å². The largest absolute Gasteiger partial charge is 0.471 e. The maximum absolute atomic E-state index is 12.6. The lowest BCUT2D eigenvalue weighted by Crippen LogP contribution is -2.25. The summed E-state index contributed by atoms with van der Waals surface area (Å²) in [7, 11) is 0. The molecule has 6 heteroatoms. The van der Waals surface area contributed by atoms with E-state index in [4.69, 9.17) is 9.72 Å². The van der Waals surface area contributed by atoms with Gasteiger partial charge in [-0.3, -0.25) is 14.8 Å². The SMILES string of the molecule is O=C(NCC1CC1)c1cncc(-c2cc(OCc3ccccn3)nc3c2CCCC3)c1. The van der Waals surface area contributed by atoms with E-state index < -0.39 is 0 Å². The molecule has 0 spiro atoms. The van der Waals surface area contributed by atoms with Gasteiger partial charge in [0.15, 0.2) is 0 Å². The van der Waals surface area contributed by atoms with Crippen molar-refractivity contribution in [3.05, 3.63) is 71.4 Å². The van der Waals surface area contributed by atoms with E-state index >= 15 is 0 Å². The summed E-state index contributed by atoms with van der Waals surface area (Å²) >= 11 is 0. The molecule has 0 aliphatic heterocycles. The highest BCUT2D eigenvalue weighted by atomic mass is 16.5. The molecular weight excluding hydrogens is 388 g/mol. The molecule has 3 aromatic heterocycles. The van der Waals surface area contributed by atoms with Crippen LogP contribution in [0.4, 0.5) is 0 Å². The number of carbonyl (C=O) groups excluding carboxylic acids is 1. The maximum Gasteiger partial charge on any atom is 0.252 e. The van der Waals surface area contributed by atoms with Gasteiger partial charge in [-0.2, -0.15) is 0 Å². The molecule has 1 amide bonds. The Morgan fingerprint density at radius 3 is 2.87 bits per heavy atom. The zero-order chi connectivity index (χ0) is 21.0. The van der Waals surface area contributed by atoms with Gasteiger partial charge in [-0.25, -0.2) is 4.98 Å². The highest BCUT2D eigenvalue weighted by Gasteiger charge is 2.23.